The molecule has 0 spiro atoms. The highest BCUT2D eigenvalue weighted by Gasteiger charge is 2.10. The number of carbonyl (C=O) groups is 1. The molecule has 2 heterocycles. The molecule has 0 saturated heterocycles. The molecule has 0 fully saturated rings. The summed E-state index contributed by atoms with van der Waals surface area (Å²) < 4.78 is 1.76. The van der Waals surface area contributed by atoms with E-state index in [1.807, 2.05) is 36.5 Å². The molecule has 124 valence electrons. The van der Waals surface area contributed by atoms with E-state index in [9.17, 15) is 4.79 Å². The van der Waals surface area contributed by atoms with Crippen molar-refractivity contribution in [3.8, 4) is 5.69 Å². The van der Waals surface area contributed by atoms with Gasteiger partial charge in [-0.3, -0.25) is 4.79 Å². The maximum absolute atomic E-state index is 12.1. The van der Waals surface area contributed by atoms with Crippen LogP contribution < -0.4 is 5.32 Å². The van der Waals surface area contributed by atoms with Crippen LogP contribution in [0.4, 0.5) is 5.13 Å². The van der Waals surface area contributed by atoms with Gasteiger partial charge in [-0.15, -0.1) is 10.2 Å². The quantitative estimate of drug-likeness (QED) is 0.716. The second-order valence-electron chi connectivity index (χ2n) is 5.46. The van der Waals surface area contributed by atoms with Crippen LogP contribution in [0.5, 0.6) is 0 Å². The zero-order valence-electron chi connectivity index (χ0n) is 13.5. The van der Waals surface area contributed by atoms with Crippen LogP contribution >= 0.6 is 11.3 Å². The third-order valence-corrected chi connectivity index (χ3v) is 4.38. The molecule has 0 aliphatic carbocycles. The second kappa shape index (κ2) is 7.83. The van der Waals surface area contributed by atoms with Gasteiger partial charge in [0.15, 0.2) is 0 Å². The number of aromatic nitrogens is 4. The summed E-state index contributed by atoms with van der Waals surface area (Å²) in [5, 5.41) is 16.7. The summed E-state index contributed by atoms with van der Waals surface area (Å²) in [6.45, 7) is 2.14. The van der Waals surface area contributed by atoms with Gasteiger partial charge in [-0.1, -0.05) is 42.9 Å². The maximum atomic E-state index is 12.1. The fourth-order valence-corrected chi connectivity index (χ4v) is 3.05. The van der Waals surface area contributed by atoms with Crippen molar-refractivity contribution in [2.75, 3.05) is 5.32 Å². The van der Waals surface area contributed by atoms with Gasteiger partial charge in [0.1, 0.15) is 5.01 Å². The van der Waals surface area contributed by atoms with Crippen molar-refractivity contribution < 1.29 is 4.79 Å². The zero-order chi connectivity index (χ0) is 16.8. The summed E-state index contributed by atoms with van der Waals surface area (Å²) in [6, 6.07) is 9.80. The fraction of sp³-hybridized carbons (Fsp3) is 0.294. The Balaban J connectivity index is 1.57. The molecule has 7 heteroatoms. The summed E-state index contributed by atoms with van der Waals surface area (Å²) in [5.74, 6) is -0.110. The third kappa shape index (κ3) is 4.26. The molecule has 0 aliphatic rings. The molecule has 6 nitrogen and oxygen atoms in total. The maximum Gasteiger partial charge on any atom is 0.230 e. The van der Waals surface area contributed by atoms with Gasteiger partial charge in [0, 0.05) is 12.6 Å². The summed E-state index contributed by atoms with van der Waals surface area (Å²) in [7, 11) is 0. The van der Waals surface area contributed by atoms with Gasteiger partial charge >= 0.3 is 0 Å². The SMILES string of the molecule is CCCCc1nnc(NC(=O)Cc2cnn(-c3ccccc3)c2)s1. The number of nitrogens with one attached hydrogen (secondary N) is 1. The van der Waals surface area contributed by atoms with Crippen molar-refractivity contribution in [1.29, 1.82) is 0 Å². The lowest BCUT2D eigenvalue weighted by Gasteiger charge is -2.00. The highest BCUT2D eigenvalue weighted by atomic mass is 32.1. The normalized spacial score (nSPS) is 10.7. The van der Waals surface area contributed by atoms with E-state index in [0.717, 1.165) is 35.5 Å². The largest absolute Gasteiger partial charge is 0.300 e. The van der Waals surface area contributed by atoms with Gasteiger partial charge in [-0.05, 0) is 24.1 Å². The lowest BCUT2D eigenvalue weighted by Crippen LogP contribution is -2.13. The number of hydrogen-bond acceptors (Lipinski definition) is 5. The van der Waals surface area contributed by atoms with Crippen LogP contribution in [0.2, 0.25) is 0 Å². The van der Waals surface area contributed by atoms with Gasteiger partial charge in [0.05, 0.1) is 18.3 Å². The predicted octanol–water partition coefficient (Wildman–Crippen LogP) is 3.25. The Kier molecular flexibility index (Phi) is 5.32. The van der Waals surface area contributed by atoms with E-state index in [1.54, 1.807) is 10.9 Å². The van der Waals surface area contributed by atoms with Gasteiger partial charge in [0.25, 0.3) is 0 Å². The predicted molar refractivity (Wildman–Crippen MR) is 94.4 cm³/mol. The van der Waals surface area contributed by atoms with E-state index < -0.39 is 0 Å². The van der Waals surface area contributed by atoms with Crippen molar-refractivity contribution >= 4 is 22.4 Å². The number of para-hydroxylation sites is 1. The van der Waals surface area contributed by atoms with Crippen molar-refractivity contribution in [3.05, 3.63) is 53.3 Å². The van der Waals surface area contributed by atoms with Crippen LogP contribution in [-0.2, 0) is 17.6 Å². The van der Waals surface area contributed by atoms with Crippen LogP contribution in [0.1, 0.15) is 30.3 Å². The monoisotopic (exact) mass is 341 g/mol. The van der Waals surface area contributed by atoms with E-state index in [0.29, 0.717) is 5.13 Å². The number of unbranched alkanes of at least 4 members (excludes halogenated alkanes) is 1. The van der Waals surface area contributed by atoms with E-state index in [-0.39, 0.29) is 12.3 Å². The molecule has 2 aromatic heterocycles. The number of nitrogens with zero attached hydrogens (tertiary/aromatic N) is 4. The van der Waals surface area contributed by atoms with Gasteiger partial charge in [0.2, 0.25) is 11.0 Å². The number of amides is 1. The lowest BCUT2D eigenvalue weighted by atomic mass is 10.2. The molecule has 0 unspecified atom stereocenters. The average Bonchev–Trinajstić information content (AvgIpc) is 3.23. The molecule has 3 rings (SSSR count). The van der Waals surface area contributed by atoms with Crippen molar-refractivity contribution in [1.82, 2.24) is 20.0 Å². The molecule has 0 aliphatic heterocycles. The number of anilines is 1. The van der Waals surface area contributed by atoms with Crippen LogP contribution in [-0.4, -0.2) is 25.9 Å². The van der Waals surface area contributed by atoms with Crippen molar-refractivity contribution in [2.45, 2.75) is 32.6 Å². The first kappa shape index (κ1) is 16.3. The number of rotatable bonds is 7. The summed E-state index contributed by atoms with van der Waals surface area (Å²) in [6.07, 6.45) is 6.94. The molecule has 1 amide bonds. The molecule has 0 atom stereocenters. The topological polar surface area (TPSA) is 72.7 Å². The minimum Gasteiger partial charge on any atom is -0.300 e. The first-order chi connectivity index (χ1) is 11.7. The Morgan fingerprint density at radius 2 is 2.08 bits per heavy atom. The number of carbonyl (C=O) groups excluding carboxylic acids is 1. The fourth-order valence-electron chi connectivity index (χ4n) is 2.26. The lowest BCUT2D eigenvalue weighted by molar-refractivity contribution is -0.115. The molecule has 0 saturated carbocycles. The number of hydrogen-bond donors (Lipinski definition) is 1. The van der Waals surface area contributed by atoms with Gasteiger partial charge in [-0.25, -0.2) is 4.68 Å². The standard InChI is InChI=1S/C17H19N5OS/c1-2-3-9-16-20-21-17(24-16)19-15(23)10-13-11-18-22(12-13)14-7-5-4-6-8-14/h4-8,11-12H,2-3,9-10H2,1H3,(H,19,21,23). The van der Waals surface area contributed by atoms with Crippen LogP contribution in [0.15, 0.2) is 42.7 Å². The zero-order valence-corrected chi connectivity index (χ0v) is 14.3. The molecular weight excluding hydrogens is 322 g/mol. The van der Waals surface area contributed by atoms with E-state index in [1.165, 1.54) is 11.3 Å². The molecule has 0 radical (unpaired) electrons. The minimum absolute atomic E-state index is 0.110. The third-order valence-electron chi connectivity index (χ3n) is 3.48. The summed E-state index contributed by atoms with van der Waals surface area (Å²) >= 11 is 1.44. The molecule has 24 heavy (non-hydrogen) atoms. The smallest absolute Gasteiger partial charge is 0.230 e. The average molecular weight is 341 g/mol. The molecule has 0 bridgehead atoms. The van der Waals surface area contributed by atoms with Gasteiger partial charge < -0.3 is 5.32 Å². The first-order valence-corrected chi connectivity index (χ1v) is 8.77. The van der Waals surface area contributed by atoms with Crippen molar-refractivity contribution in [3.63, 3.8) is 0 Å². The van der Waals surface area contributed by atoms with E-state index >= 15 is 0 Å². The Morgan fingerprint density at radius 3 is 2.88 bits per heavy atom. The molecule has 3 aromatic rings. The number of aryl methyl sites for hydroxylation is 1. The molecule has 1 aromatic carbocycles. The molecule has 1 N–H and O–H groups in total. The van der Waals surface area contributed by atoms with Crippen LogP contribution in [0.25, 0.3) is 5.69 Å². The Bertz CT molecular complexity index is 796. The number of benzene rings is 1. The van der Waals surface area contributed by atoms with Gasteiger partial charge in [-0.2, -0.15) is 5.10 Å². The second-order valence-corrected chi connectivity index (χ2v) is 6.52. The van der Waals surface area contributed by atoms with E-state index in [2.05, 4.69) is 27.5 Å². The van der Waals surface area contributed by atoms with E-state index in [4.69, 9.17) is 0 Å². The summed E-state index contributed by atoms with van der Waals surface area (Å²) in [4.78, 5) is 12.1. The Labute approximate surface area is 144 Å². The highest BCUT2D eigenvalue weighted by Crippen LogP contribution is 2.17. The highest BCUT2D eigenvalue weighted by molar-refractivity contribution is 7.15. The first-order valence-electron chi connectivity index (χ1n) is 7.96. The Hall–Kier alpha value is -2.54. The minimum atomic E-state index is -0.110. The Morgan fingerprint density at radius 1 is 1.25 bits per heavy atom. The molecular formula is C17H19N5OS. The van der Waals surface area contributed by atoms with Crippen LogP contribution in [0, 0.1) is 0 Å². The summed E-state index contributed by atoms with van der Waals surface area (Å²) in [5.41, 5.74) is 1.82. The van der Waals surface area contributed by atoms with Crippen LogP contribution in [0.3, 0.4) is 0 Å². The van der Waals surface area contributed by atoms with Crippen molar-refractivity contribution in [2.24, 2.45) is 0 Å².